The maximum Gasteiger partial charge on any atom is 0.218 e. The smallest absolute Gasteiger partial charge is 0.218 e. The van der Waals surface area contributed by atoms with Crippen LogP contribution in [0.15, 0.2) is 24.3 Å². The van der Waals surface area contributed by atoms with Gasteiger partial charge < -0.3 is 11.1 Å². The Hall–Kier alpha value is -1.35. The maximum atomic E-state index is 10.5. The molecule has 0 aliphatic carbocycles. The van der Waals surface area contributed by atoms with E-state index in [2.05, 4.69) is 36.5 Å². The number of amides is 1. The molecule has 3 nitrogen and oxygen atoms in total. The summed E-state index contributed by atoms with van der Waals surface area (Å²) >= 11 is 0. The molecule has 0 aliphatic heterocycles. The monoisotopic (exact) mass is 206 g/mol. The van der Waals surface area contributed by atoms with Crippen LogP contribution in [0.4, 0.5) is 0 Å². The van der Waals surface area contributed by atoms with E-state index in [0.29, 0.717) is 13.0 Å². The fourth-order valence-electron chi connectivity index (χ4n) is 1.44. The lowest BCUT2D eigenvalue weighted by atomic mass is 10.1. The highest BCUT2D eigenvalue weighted by Crippen LogP contribution is 2.03. The molecule has 0 atom stereocenters. The number of rotatable bonds is 6. The summed E-state index contributed by atoms with van der Waals surface area (Å²) in [6, 6.07) is 8.44. The van der Waals surface area contributed by atoms with Crippen molar-refractivity contribution < 1.29 is 4.79 Å². The molecule has 0 spiro atoms. The molecule has 0 aromatic heterocycles. The lowest BCUT2D eigenvalue weighted by Gasteiger charge is -2.04. The number of carbonyl (C=O) groups excluding carboxylic acids is 1. The summed E-state index contributed by atoms with van der Waals surface area (Å²) in [6.07, 6.45) is 1.40. The second-order valence-electron chi connectivity index (χ2n) is 3.71. The lowest BCUT2D eigenvalue weighted by molar-refractivity contribution is -0.117. The summed E-state index contributed by atoms with van der Waals surface area (Å²) in [6.45, 7) is 3.64. The van der Waals surface area contributed by atoms with Crippen LogP contribution in [0.2, 0.25) is 0 Å². The highest BCUT2D eigenvalue weighted by Gasteiger charge is 1.95. The molecule has 3 N–H and O–H groups in total. The molecule has 0 bridgehead atoms. The van der Waals surface area contributed by atoms with Crippen molar-refractivity contribution in [1.29, 1.82) is 0 Å². The Labute approximate surface area is 90.7 Å². The zero-order chi connectivity index (χ0) is 11.1. The van der Waals surface area contributed by atoms with Crippen LogP contribution in [-0.4, -0.2) is 19.0 Å². The maximum absolute atomic E-state index is 10.5. The van der Waals surface area contributed by atoms with Crippen molar-refractivity contribution in [2.45, 2.75) is 19.8 Å². The first kappa shape index (κ1) is 11.7. The van der Waals surface area contributed by atoms with Gasteiger partial charge in [0.25, 0.3) is 0 Å². The largest absolute Gasteiger partial charge is 0.370 e. The second kappa shape index (κ2) is 6.19. The van der Waals surface area contributed by atoms with E-state index in [1.165, 1.54) is 11.1 Å². The predicted octanol–water partition coefficient (Wildman–Crippen LogP) is 1.00. The molecule has 82 valence electrons. The zero-order valence-corrected chi connectivity index (χ0v) is 9.12. The molecular weight excluding hydrogens is 188 g/mol. The van der Waals surface area contributed by atoms with Gasteiger partial charge in [-0.3, -0.25) is 4.79 Å². The summed E-state index contributed by atoms with van der Waals surface area (Å²) in [7, 11) is 0. The number of carbonyl (C=O) groups is 1. The van der Waals surface area contributed by atoms with Crippen molar-refractivity contribution >= 4 is 5.91 Å². The highest BCUT2D eigenvalue weighted by molar-refractivity contribution is 5.73. The van der Waals surface area contributed by atoms with Crippen molar-refractivity contribution in [1.82, 2.24) is 5.32 Å². The Morgan fingerprint density at radius 2 is 2.20 bits per heavy atom. The van der Waals surface area contributed by atoms with Crippen LogP contribution in [0, 0.1) is 6.92 Å². The van der Waals surface area contributed by atoms with Gasteiger partial charge in [0.1, 0.15) is 0 Å². The van der Waals surface area contributed by atoms with E-state index < -0.39 is 0 Å². The van der Waals surface area contributed by atoms with Gasteiger partial charge in [-0.2, -0.15) is 0 Å². The van der Waals surface area contributed by atoms with E-state index in [9.17, 15) is 4.79 Å². The molecule has 1 aromatic carbocycles. The van der Waals surface area contributed by atoms with E-state index in [0.717, 1.165) is 13.0 Å². The van der Waals surface area contributed by atoms with Gasteiger partial charge in [-0.05, 0) is 25.5 Å². The van der Waals surface area contributed by atoms with Crippen molar-refractivity contribution in [3.05, 3.63) is 35.4 Å². The molecule has 0 radical (unpaired) electrons. The zero-order valence-electron chi connectivity index (χ0n) is 9.12. The van der Waals surface area contributed by atoms with Gasteiger partial charge in [0.15, 0.2) is 0 Å². The predicted molar refractivity (Wildman–Crippen MR) is 61.6 cm³/mol. The highest BCUT2D eigenvalue weighted by atomic mass is 16.1. The second-order valence-corrected chi connectivity index (χ2v) is 3.71. The number of hydrogen-bond donors (Lipinski definition) is 2. The molecule has 3 heteroatoms. The van der Waals surface area contributed by atoms with Crippen molar-refractivity contribution in [3.8, 4) is 0 Å². The molecule has 1 amide bonds. The third kappa shape index (κ3) is 5.18. The van der Waals surface area contributed by atoms with Crippen LogP contribution in [0.25, 0.3) is 0 Å². The molecule has 0 heterocycles. The number of benzene rings is 1. The molecule has 0 saturated heterocycles. The molecule has 1 rings (SSSR count). The van der Waals surface area contributed by atoms with Gasteiger partial charge in [0.05, 0.1) is 0 Å². The minimum atomic E-state index is -0.252. The minimum absolute atomic E-state index is 0.252. The van der Waals surface area contributed by atoms with Crippen LogP contribution in [0.1, 0.15) is 17.5 Å². The number of nitrogens with two attached hydrogens (primary N) is 1. The first-order valence-corrected chi connectivity index (χ1v) is 5.23. The Balaban J connectivity index is 2.17. The summed E-state index contributed by atoms with van der Waals surface area (Å²) in [5.41, 5.74) is 7.63. The molecule has 0 saturated carbocycles. The average molecular weight is 206 g/mol. The topological polar surface area (TPSA) is 55.1 Å². The summed E-state index contributed by atoms with van der Waals surface area (Å²) in [4.78, 5) is 10.5. The number of aryl methyl sites for hydroxylation is 1. The van der Waals surface area contributed by atoms with Crippen molar-refractivity contribution in [3.63, 3.8) is 0 Å². The first-order valence-electron chi connectivity index (χ1n) is 5.23. The number of primary amides is 1. The number of nitrogens with one attached hydrogen (secondary N) is 1. The Kier molecular flexibility index (Phi) is 4.84. The number of hydrogen-bond acceptors (Lipinski definition) is 2. The minimum Gasteiger partial charge on any atom is -0.370 e. The quantitative estimate of drug-likeness (QED) is 0.682. The Morgan fingerprint density at radius 1 is 1.40 bits per heavy atom. The van der Waals surface area contributed by atoms with Gasteiger partial charge in [-0.15, -0.1) is 0 Å². The normalized spacial score (nSPS) is 10.2. The van der Waals surface area contributed by atoms with E-state index >= 15 is 0 Å². The van der Waals surface area contributed by atoms with E-state index in [4.69, 9.17) is 5.73 Å². The van der Waals surface area contributed by atoms with Crippen LogP contribution in [0.5, 0.6) is 0 Å². The first-order chi connectivity index (χ1) is 7.18. The van der Waals surface area contributed by atoms with E-state index in [-0.39, 0.29) is 5.91 Å². The Morgan fingerprint density at radius 3 is 2.87 bits per heavy atom. The molecule has 0 unspecified atom stereocenters. The SMILES string of the molecule is Cc1cccc(CCNCCC(N)=O)c1. The van der Waals surface area contributed by atoms with Crippen molar-refractivity contribution in [2.24, 2.45) is 5.73 Å². The molecular formula is C12H18N2O. The standard InChI is InChI=1S/C12H18N2O/c1-10-3-2-4-11(9-10)5-7-14-8-6-12(13)15/h2-4,9,14H,5-8H2,1H3,(H2,13,15). The van der Waals surface area contributed by atoms with Gasteiger partial charge in [-0.1, -0.05) is 29.8 Å². The van der Waals surface area contributed by atoms with E-state index in [1.807, 2.05) is 0 Å². The molecule has 0 aliphatic rings. The van der Waals surface area contributed by atoms with Gasteiger partial charge in [0.2, 0.25) is 5.91 Å². The summed E-state index contributed by atoms with van der Waals surface area (Å²) in [5.74, 6) is -0.252. The Bertz CT molecular complexity index is 323. The van der Waals surface area contributed by atoms with Crippen LogP contribution < -0.4 is 11.1 Å². The molecule has 15 heavy (non-hydrogen) atoms. The van der Waals surface area contributed by atoms with Gasteiger partial charge in [0, 0.05) is 13.0 Å². The third-order valence-corrected chi connectivity index (χ3v) is 2.22. The van der Waals surface area contributed by atoms with Gasteiger partial charge in [-0.25, -0.2) is 0 Å². The van der Waals surface area contributed by atoms with Gasteiger partial charge >= 0.3 is 0 Å². The average Bonchev–Trinajstić information content (AvgIpc) is 2.17. The summed E-state index contributed by atoms with van der Waals surface area (Å²) in [5, 5.41) is 3.18. The fourth-order valence-corrected chi connectivity index (χ4v) is 1.44. The molecule has 0 fully saturated rings. The van der Waals surface area contributed by atoms with Crippen LogP contribution in [0.3, 0.4) is 0 Å². The van der Waals surface area contributed by atoms with E-state index in [1.54, 1.807) is 0 Å². The molecule has 1 aromatic rings. The lowest BCUT2D eigenvalue weighted by Crippen LogP contribution is -2.23. The fraction of sp³-hybridized carbons (Fsp3) is 0.417. The van der Waals surface area contributed by atoms with Crippen molar-refractivity contribution in [2.75, 3.05) is 13.1 Å². The van der Waals surface area contributed by atoms with Crippen LogP contribution >= 0.6 is 0 Å². The summed E-state index contributed by atoms with van der Waals surface area (Å²) < 4.78 is 0. The van der Waals surface area contributed by atoms with Crippen LogP contribution in [-0.2, 0) is 11.2 Å². The third-order valence-electron chi connectivity index (χ3n) is 2.22.